The average Bonchev–Trinajstić information content (AvgIpc) is 3.37. The number of sulfone groups is 1. The van der Waals surface area contributed by atoms with E-state index >= 15 is 0 Å². The van der Waals surface area contributed by atoms with Gasteiger partial charge in [-0.1, -0.05) is 32.0 Å². The second-order valence-electron chi connectivity index (χ2n) is 9.44. The van der Waals surface area contributed by atoms with E-state index in [1.807, 2.05) is 13.8 Å². The zero-order valence-electron chi connectivity index (χ0n) is 21.9. The number of alkyl halides is 3. The third kappa shape index (κ3) is 5.98. The van der Waals surface area contributed by atoms with E-state index in [1.165, 1.54) is 49.4 Å². The lowest BCUT2D eigenvalue weighted by Gasteiger charge is -2.17. The molecule has 0 unspecified atom stereocenters. The molecule has 9 nitrogen and oxygen atoms in total. The molecule has 40 heavy (non-hydrogen) atoms. The average molecular weight is 575 g/mol. The molecule has 2 heterocycles. The molecule has 0 bridgehead atoms. The highest BCUT2D eigenvalue weighted by Gasteiger charge is 2.31. The molecule has 13 heteroatoms. The third-order valence-electron chi connectivity index (χ3n) is 6.09. The van der Waals surface area contributed by atoms with Crippen LogP contribution in [0.2, 0.25) is 0 Å². The van der Waals surface area contributed by atoms with Gasteiger partial charge in [0.1, 0.15) is 5.56 Å². The first kappa shape index (κ1) is 28.7. The minimum Gasteiger partial charge on any atom is -0.420 e. The summed E-state index contributed by atoms with van der Waals surface area (Å²) in [6.07, 6.45) is -3.58. The van der Waals surface area contributed by atoms with Crippen LogP contribution in [0.15, 0.2) is 68.7 Å². The van der Waals surface area contributed by atoms with Gasteiger partial charge in [0.05, 0.1) is 16.0 Å². The number of hydrogen-bond acceptors (Lipinski definition) is 7. The zero-order chi connectivity index (χ0) is 29.4. The molecule has 2 aromatic carbocycles. The molecule has 0 atom stereocenters. The van der Waals surface area contributed by atoms with Crippen molar-refractivity contribution in [2.45, 2.75) is 44.3 Å². The Morgan fingerprint density at radius 1 is 1.07 bits per heavy atom. The van der Waals surface area contributed by atoms with Crippen LogP contribution < -0.4 is 10.9 Å². The molecule has 0 aliphatic rings. The standard InChI is InChI=1S/C27H25F3N4O5S/c1-15(2)24-32-33-25(39-24)21-13-22(23(35)31-14-17-8-10-20(11-9-17)40(4,37)38)26(36)34(16(21)3)19-7-5-6-18(12-19)27(28,29)30/h5-13,15H,14H2,1-4H3,(H,31,35). The van der Waals surface area contributed by atoms with Gasteiger partial charge in [0.15, 0.2) is 9.84 Å². The number of nitrogens with one attached hydrogen (secondary N) is 1. The fourth-order valence-electron chi connectivity index (χ4n) is 3.92. The third-order valence-corrected chi connectivity index (χ3v) is 7.22. The van der Waals surface area contributed by atoms with E-state index < -0.39 is 33.0 Å². The van der Waals surface area contributed by atoms with Gasteiger partial charge in [-0.2, -0.15) is 13.2 Å². The number of carbonyl (C=O) groups excluding carboxylic acids is 1. The van der Waals surface area contributed by atoms with Crippen molar-refractivity contribution in [3.05, 3.63) is 93.2 Å². The highest BCUT2D eigenvalue weighted by atomic mass is 32.2. The van der Waals surface area contributed by atoms with Crippen LogP contribution in [0.4, 0.5) is 13.2 Å². The lowest BCUT2D eigenvalue weighted by Crippen LogP contribution is -2.33. The Bertz CT molecular complexity index is 1740. The number of benzene rings is 2. The lowest BCUT2D eigenvalue weighted by molar-refractivity contribution is -0.137. The molecule has 4 aromatic rings. The predicted octanol–water partition coefficient (Wildman–Crippen LogP) is 4.67. The van der Waals surface area contributed by atoms with Crippen molar-refractivity contribution in [2.24, 2.45) is 0 Å². The first-order chi connectivity index (χ1) is 18.7. The maximum absolute atomic E-state index is 13.5. The summed E-state index contributed by atoms with van der Waals surface area (Å²) in [7, 11) is -3.40. The Balaban J connectivity index is 1.80. The molecule has 0 spiro atoms. The first-order valence-electron chi connectivity index (χ1n) is 12.0. The first-order valence-corrected chi connectivity index (χ1v) is 13.9. The van der Waals surface area contributed by atoms with Gasteiger partial charge in [0.25, 0.3) is 11.5 Å². The smallest absolute Gasteiger partial charge is 0.416 e. The van der Waals surface area contributed by atoms with Gasteiger partial charge in [0.2, 0.25) is 11.8 Å². The number of hydrogen-bond donors (Lipinski definition) is 1. The molecule has 0 aliphatic carbocycles. The van der Waals surface area contributed by atoms with Crippen molar-refractivity contribution < 1.29 is 30.8 Å². The predicted molar refractivity (Wildman–Crippen MR) is 140 cm³/mol. The molecule has 0 radical (unpaired) electrons. The number of rotatable bonds is 7. The molecule has 0 aliphatic heterocycles. The Morgan fingerprint density at radius 2 is 1.75 bits per heavy atom. The fourth-order valence-corrected chi connectivity index (χ4v) is 4.55. The number of aromatic nitrogens is 3. The minimum absolute atomic E-state index is 0.00709. The van der Waals surface area contributed by atoms with E-state index in [-0.39, 0.29) is 45.8 Å². The summed E-state index contributed by atoms with van der Waals surface area (Å²) in [4.78, 5) is 26.9. The van der Waals surface area contributed by atoms with E-state index in [9.17, 15) is 31.2 Å². The fraction of sp³-hybridized carbons (Fsp3) is 0.259. The summed E-state index contributed by atoms with van der Waals surface area (Å²) in [5.41, 5.74) is -1.34. The molecular formula is C27H25F3N4O5S. The van der Waals surface area contributed by atoms with Crippen molar-refractivity contribution in [1.82, 2.24) is 20.1 Å². The van der Waals surface area contributed by atoms with Gasteiger partial charge < -0.3 is 9.73 Å². The van der Waals surface area contributed by atoms with E-state index in [0.29, 0.717) is 11.5 Å². The van der Waals surface area contributed by atoms with E-state index in [1.54, 1.807) is 0 Å². The summed E-state index contributed by atoms with van der Waals surface area (Å²) in [5, 5.41) is 10.6. The lowest BCUT2D eigenvalue weighted by atomic mass is 10.1. The summed E-state index contributed by atoms with van der Waals surface area (Å²) >= 11 is 0. The summed E-state index contributed by atoms with van der Waals surface area (Å²) in [5.74, 6) is -0.627. The van der Waals surface area contributed by atoms with Gasteiger partial charge in [-0.25, -0.2) is 8.42 Å². The number of halogens is 3. The molecule has 0 saturated heterocycles. The van der Waals surface area contributed by atoms with E-state index in [2.05, 4.69) is 15.5 Å². The van der Waals surface area contributed by atoms with Crippen molar-refractivity contribution in [3.63, 3.8) is 0 Å². The van der Waals surface area contributed by atoms with Crippen LogP contribution in [-0.2, 0) is 22.6 Å². The molecule has 1 amide bonds. The van der Waals surface area contributed by atoms with Gasteiger partial charge in [-0.3, -0.25) is 14.2 Å². The zero-order valence-corrected chi connectivity index (χ0v) is 22.7. The molecule has 4 rings (SSSR count). The Hall–Kier alpha value is -4.26. The SMILES string of the molecule is Cc1c(-c2nnc(C(C)C)o2)cc(C(=O)NCc2ccc(S(C)(=O)=O)cc2)c(=O)n1-c1cccc(C(F)(F)F)c1. The van der Waals surface area contributed by atoms with Crippen molar-refractivity contribution in [1.29, 1.82) is 0 Å². The minimum atomic E-state index is -4.66. The monoisotopic (exact) mass is 574 g/mol. The number of nitrogens with zero attached hydrogens (tertiary/aromatic N) is 3. The van der Waals surface area contributed by atoms with Crippen LogP contribution in [0.5, 0.6) is 0 Å². The summed E-state index contributed by atoms with van der Waals surface area (Å²) in [6, 6.07) is 11.3. The number of carbonyl (C=O) groups is 1. The second kappa shape index (κ2) is 10.7. The van der Waals surface area contributed by atoms with Crippen LogP contribution in [0, 0.1) is 6.92 Å². The number of pyridine rings is 1. The maximum Gasteiger partial charge on any atom is 0.416 e. The Kier molecular flexibility index (Phi) is 7.70. The highest BCUT2D eigenvalue weighted by Crippen LogP contribution is 2.31. The maximum atomic E-state index is 13.5. The van der Waals surface area contributed by atoms with Crippen LogP contribution >= 0.6 is 0 Å². The molecule has 0 saturated carbocycles. The van der Waals surface area contributed by atoms with E-state index in [4.69, 9.17) is 4.42 Å². The molecule has 0 fully saturated rings. The number of amides is 1. The van der Waals surface area contributed by atoms with Crippen molar-refractivity contribution >= 4 is 15.7 Å². The molecule has 210 valence electrons. The van der Waals surface area contributed by atoms with Crippen LogP contribution in [0.3, 0.4) is 0 Å². The molecule has 1 N–H and O–H groups in total. The van der Waals surface area contributed by atoms with Gasteiger partial charge >= 0.3 is 6.18 Å². The van der Waals surface area contributed by atoms with Crippen LogP contribution in [-0.4, -0.2) is 35.3 Å². The Labute approximate surface area is 227 Å². The molecule has 2 aromatic heterocycles. The second-order valence-corrected chi connectivity index (χ2v) is 11.5. The normalized spacial score (nSPS) is 12.1. The van der Waals surface area contributed by atoms with Crippen molar-refractivity contribution in [3.8, 4) is 17.1 Å². The van der Waals surface area contributed by atoms with Crippen LogP contribution in [0.1, 0.15) is 52.8 Å². The Morgan fingerprint density at radius 3 is 2.33 bits per heavy atom. The van der Waals surface area contributed by atoms with Crippen LogP contribution in [0.25, 0.3) is 17.1 Å². The van der Waals surface area contributed by atoms with Gasteiger partial charge in [-0.15, -0.1) is 10.2 Å². The quantitative estimate of drug-likeness (QED) is 0.340. The van der Waals surface area contributed by atoms with Crippen molar-refractivity contribution in [2.75, 3.05) is 6.26 Å². The van der Waals surface area contributed by atoms with E-state index in [0.717, 1.165) is 23.0 Å². The summed E-state index contributed by atoms with van der Waals surface area (Å²) < 4.78 is 70.4. The largest absolute Gasteiger partial charge is 0.420 e. The molecular weight excluding hydrogens is 549 g/mol. The summed E-state index contributed by atoms with van der Waals surface area (Å²) in [6.45, 7) is 5.11. The topological polar surface area (TPSA) is 124 Å². The van der Waals surface area contributed by atoms with Gasteiger partial charge in [-0.05, 0) is 48.9 Å². The highest BCUT2D eigenvalue weighted by molar-refractivity contribution is 7.90. The van der Waals surface area contributed by atoms with Gasteiger partial charge in [0, 0.05) is 30.1 Å².